The third kappa shape index (κ3) is 6.60. The summed E-state index contributed by atoms with van der Waals surface area (Å²) >= 11 is 0. The van der Waals surface area contributed by atoms with Crippen molar-refractivity contribution in [2.45, 2.75) is 58.1 Å². The molecule has 1 aromatic rings. The van der Waals surface area contributed by atoms with Crippen LogP contribution in [-0.2, 0) is 16.1 Å². The van der Waals surface area contributed by atoms with E-state index in [0.29, 0.717) is 13.0 Å². The van der Waals surface area contributed by atoms with Crippen LogP contribution < -0.4 is 10.6 Å². The summed E-state index contributed by atoms with van der Waals surface area (Å²) in [5, 5.41) is 6.52. The predicted molar refractivity (Wildman–Crippen MR) is 97.0 cm³/mol. The van der Waals surface area contributed by atoms with Gasteiger partial charge in [-0.15, -0.1) is 0 Å². The van der Waals surface area contributed by atoms with Crippen LogP contribution in [0.2, 0.25) is 0 Å². The van der Waals surface area contributed by atoms with E-state index < -0.39 is 0 Å². The molecule has 0 bridgehead atoms. The maximum absolute atomic E-state index is 11.8. The molecule has 0 aliphatic heterocycles. The van der Waals surface area contributed by atoms with Crippen molar-refractivity contribution in [1.82, 2.24) is 10.6 Å². The number of aliphatic imine (C=N–C) groups is 1. The molecule has 0 aromatic heterocycles. The van der Waals surface area contributed by atoms with Gasteiger partial charge in [0.15, 0.2) is 5.96 Å². The molecule has 0 amide bonds. The van der Waals surface area contributed by atoms with Gasteiger partial charge in [0.25, 0.3) is 0 Å². The van der Waals surface area contributed by atoms with Crippen molar-refractivity contribution < 1.29 is 9.53 Å². The Bertz CT molecular complexity index is 551. The molecule has 0 spiro atoms. The molecule has 1 aliphatic rings. The van der Waals surface area contributed by atoms with Gasteiger partial charge in [-0.1, -0.05) is 29.8 Å². The quantitative estimate of drug-likeness (QED) is 0.349. The van der Waals surface area contributed by atoms with Crippen LogP contribution in [0.25, 0.3) is 0 Å². The highest BCUT2D eigenvalue weighted by molar-refractivity contribution is 5.79. The van der Waals surface area contributed by atoms with Crippen molar-refractivity contribution in [3.05, 3.63) is 35.4 Å². The molecule has 0 atom stereocenters. The number of carbonyl (C=O) groups is 1. The average molecular weight is 331 g/mol. The van der Waals surface area contributed by atoms with Gasteiger partial charge in [0, 0.05) is 26.6 Å². The normalized spacial score (nSPS) is 15.3. The number of nitrogens with zero attached hydrogens (tertiary/aromatic N) is 1. The molecule has 0 saturated heterocycles. The van der Waals surface area contributed by atoms with Crippen LogP contribution in [0.15, 0.2) is 29.3 Å². The lowest BCUT2D eigenvalue weighted by Crippen LogP contribution is -2.37. The number of aryl methyl sites for hydroxylation is 1. The van der Waals surface area contributed by atoms with Gasteiger partial charge in [-0.05, 0) is 44.6 Å². The molecule has 1 aliphatic carbocycles. The van der Waals surface area contributed by atoms with Crippen LogP contribution in [-0.4, -0.2) is 31.6 Å². The van der Waals surface area contributed by atoms with Gasteiger partial charge in [0.05, 0.1) is 0 Å². The second kappa shape index (κ2) is 9.96. The Labute approximate surface area is 144 Å². The molecule has 1 saturated carbocycles. The number of rotatable bonds is 7. The Balaban J connectivity index is 1.60. The third-order valence-corrected chi connectivity index (χ3v) is 4.22. The van der Waals surface area contributed by atoms with E-state index in [-0.39, 0.29) is 12.1 Å². The fourth-order valence-electron chi connectivity index (χ4n) is 2.92. The zero-order valence-corrected chi connectivity index (χ0v) is 14.8. The van der Waals surface area contributed by atoms with Crippen LogP contribution in [0.4, 0.5) is 0 Å². The number of guanidine groups is 1. The summed E-state index contributed by atoms with van der Waals surface area (Å²) in [7, 11) is 1.75. The Morgan fingerprint density at radius 2 is 2.08 bits per heavy atom. The van der Waals surface area contributed by atoms with E-state index in [1.807, 2.05) is 0 Å². The molecule has 5 nitrogen and oxygen atoms in total. The third-order valence-electron chi connectivity index (χ3n) is 4.22. The predicted octanol–water partition coefficient (Wildman–Crippen LogP) is 2.93. The van der Waals surface area contributed by atoms with Crippen molar-refractivity contribution in [3.8, 4) is 0 Å². The molecule has 132 valence electrons. The Kier molecular flexibility index (Phi) is 7.59. The summed E-state index contributed by atoms with van der Waals surface area (Å²) in [4.78, 5) is 16.0. The molecule has 5 heteroatoms. The smallest absolute Gasteiger partial charge is 0.306 e. The number of benzene rings is 1. The Morgan fingerprint density at radius 3 is 2.79 bits per heavy atom. The summed E-state index contributed by atoms with van der Waals surface area (Å²) in [5.74, 6) is 0.673. The van der Waals surface area contributed by atoms with Crippen LogP contribution in [0, 0.1) is 6.92 Å². The van der Waals surface area contributed by atoms with Crippen LogP contribution in [0.3, 0.4) is 0 Å². The molecule has 2 rings (SSSR count). The van der Waals surface area contributed by atoms with E-state index in [1.54, 1.807) is 7.05 Å². The SMILES string of the molecule is CN=C(NCCCC(=O)OC1CCCC1)NCc1cccc(C)c1. The van der Waals surface area contributed by atoms with Crippen LogP contribution in [0.1, 0.15) is 49.7 Å². The minimum absolute atomic E-state index is 0.0774. The summed E-state index contributed by atoms with van der Waals surface area (Å²) in [6, 6.07) is 8.38. The molecule has 0 unspecified atom stereocenters. The zero-order valence-electron chi connectivity index (χ0n) is 14.8. The Morgan fingerprint density at radius 1 is 1.29 bits per heavy atom. The molecule has 2 N–H and O–H groups in total. The number of nitrogens with one attached hydrogen (secondary N) is 2. The number of hydrogen-bond donors (Lipinski definition) is 2. The van der Waals surface area contributed by atoms with E-state index in [4.69, 9.17) is 4.74 Å². The Hall–Kier alpha value is -2.04. The minimum atomic E-state index is -0.0774. The summed E-state index contributed by atoms with van der Waals surface area (Å²) in [5.41, 5.74) is 2.47. The summed E-state index contributed by atoms with van der Waals surface area (Å²) in [6.07, 6.45) is 5.79. The number of ether oxygens (including phenoxy) is 1. The van der Waals surface area contributed by atoms with E-state index in [2.05, 4.69) is 46.8 Å². The van der Waals surface area contributed by atoms with E-state index in [0.717, 1.165) is 31.8 Å². The molecule has 1 aromatic carbocycles. The number of esters is 1. The number of hydrogen-bond acceptors (Lipinski definition) is 3. The van der Waals surface area contributed by atoms with Gasteiger partial charge < -0.3 is 15.4 Å². The first-order chi connectivity index (χ1) is 11.7. The molecule has 0 radical (unpaired) electrons. The van der Waals surface area contributed by atoms with Crippen molar-refractivity contribution >= 4 is 11.9 Å². The van der Waals surface area contributed by atoms with Crippen molar-refractivity contribution in [2.75, 3.05) is 13.6 Å². The first-order valence-corrected chi connectivity index (χ1v) is 8.87. The maximum Gasteiger partial charge on any atom is 0.306 e. The van der Waals surface area contributed by atoms with Crippen molar-refractivity contribution in [3.63, 3.8) is 0 Å². The van der Waals surface area contributed by atoms with Crippen LogP contribution in [0.5, 0.6) is 0 Å². The molecular weight excluding hydrogens is 302 g/mol. The average Bonchev–Trinajstić information content (AvgIpc) is 3.07. The molecule has 0 heterocycles. The highest BCUT2D eigenvalue weighted by Gasteiger charge is 2.18. The topological polar surface area (TPSA) is 62.7 Å². The van der Waals surface area contributed by atoms with Gasteiger partial charge in [-0.25, -0.2) is 0 Å². The first kappa shape index (κ1) is 18.3. The van der Waals surface area contributed by atoms with Crippen molar-refractivity contribution in [1.29, 1.82) is 0 Å². The molecule has 1 fully saturated rings. The fraction of sp³-hybridized carbons (Fsp3) is 0.579. The highest BCUT2D eigenvalue weighted by atomic mass is 16.5. The number of carbonyl (C=O) groups excluding carboxylic acids is 1. The van der Waals surface area contributed by atoms with Crippen LogP contribution >= 0.6 is 0 Å². The zero-order chi connectivity index (χ0) is 17.2. The van der Waals surface area contributed by atoms with Gasteiger partial charge in [0.2, 0.25) is 0 Å². The van der Waals surface area contributed by atoms with Gasteiger partial charge >= 0.3 is 5.97 Å². The monoisotopic (exact) mass is 331 g/mol. The lowest BCUT2D eigenvalue weighted by molar-refractivity contribution is -0.148. The van der Waals surface area contributed by atoms with Crippen molar-refractivity contribution in [2.24, 2.45) is 4.99 Å². The lowest BCUT2D eigenvalue weighted by Gasteiger charge is -2.13. The van der Waals surface area contributed by atoms with Gasteiger partial charge in [0.1, 0.15) is 6.10 Å². The van der Waals surface area contributed by atoms with Gasteiger partial charge in [-0.3, -0.25) is 9.79 Å². The standard InChI is InChI=1S/C19H29N3O2/c1-15-7-5-8-16(13-15)14-22-19(20-2)21-12-6-11-18(23)24-17-9-3-4-10-17/h5,7-8,13,17H,3-4,6,9-12,14H2,1-2H3,(H2,20,21,22). The maximum atomic E-state index is 11.8. The lowest BCUT2D eigenvalue weighted by atomic mass is 10.1. The van der Waals surface area contributed by atoms with E-state index in [1.165, 1.54) is 24.0 Å². The minimum Gasteiger partial charge on any atom is -0.462 e. The molecule has 24 heavy (non-hydrogen) atoms. The van der Waals surface area contributed by atoms with E-state index >= 15 is 0 Å². The summed E-state index contributed by atoms with van der Waals surface area (Å²) < 4.78 is 5.45. The molecular formula is C19H29N3O2. The first-order valence-electron chi connectivity index (χ1n) is 8.87. The highest BCUT2D eigenvalue weighted by Crippen LogP contribution is 2.21. The fourth-order valence-corrected chi connectivity index (χ4v) is 2.92. The van der Waals surface area contributed by atoms with Gasteiger partial charge in [-0.2, -0.15) is 0 Å². The largest absolute Gasteiger partial charge is 0.462 e. The summed E-state index contributed by atoms with van der Waals surface area (Å²) in [6.45, 7) is 3.51. The second-order valence-corrected chi connectivity index (χ2v) is 6.34. The van der Waals surface area contributed by atoms with E-state index in [9.17, 15) is 4.79 Å². The second-order valence-electron chi connectivity index (χ2n) is 6.34.